The molecule has 1 atom stereocenters. The number of quaternary nitrogens is 1. The molecule has 0 aromatic carbocycles. The van der Waals surface area contributed by atoms with Gasteiger partial charge in [-0.15, -0.1) is 0 Å². The van der Waals surface area contributed by atoms with Gasteiger partial charge in [0.1, 0.15) is 12.4 Å². The highest BCUT2D eigenvalue weighted by molar-refractivity contribution is 5.25. The van der Waals surface area contributed by atoms with Gasteiger partial charge in [-0.3, -0.25) is 4.48 Å². The average molecular weight is 208 g/mol. The minimum Gasteiger partial charge on any atom is -0.273 e. The Kier molecular flexibility index (Phi) is 2.90. The van der Waals surface area contributed by atoms with Crippen molar-refractivity contribution in [2.45, 2.75) is 41.5 Å². The Morgan fingerprint density at radius 3 is 1.93 bits per heavy atom. The number of allylic oxidation sites excluding steroid dienone is 2. The third-order valence-corrected chi connectivity index (χ3v) is 2.71. The van der Waals surface area contributed by atoms with Crippen LogP contribution in [0.15, 0.2) is 24.0 Å². The third-order valence-electron chi connectivity index (χ3n) is 2.71. The first-order chi connectivity index (χ1) is 6.52. The predicted molar refractivity (Wildman–Crippen MR) is 67.2 cm³/mol. The SMILES string of the molecule is CC(C)(C)C[N+]1(C)C=CC(C(C)(C)C)=C1. The van der Waals surface area contributed by atoms with Gasteiger partial charge in [-0.05, 0) is 5.41 Å². The molecule has 1 heteroatoms. The molecular formula is C14H26N+. The minimum absolute atomic E-state index is 0.268. The van der Waals surface area contributed by atoms with E-state index in [2.05, 4.69) is 67.1 Å². The molecule has 0 aromatic heterocycles. The molecule has 0 spiro atoms. The Bertz CT molecular complexity index is 296. The normalized spacial score (nSPS) is 27.0. The molecule has 0 aliphatic carbocycles. The minimum atomic E-state index is 0.268. The van der Waals surface area contributed by atoms with Gasteiger partial charge in [0.05, 0.1) is 13.6 Å². The number of hydrogen-bond acceptors (Lipinski definition) is 0. The van der Waals surface area contributed by atoms with Crippen LogP contribution in [0.3, 0.4) is 0 Å². The zero-order chi connectivity index (χ0) is 11.9. The summed E-state index contributed by atoms with van der Waals surface area (Å²) in [5.41, 5.74) is 2.09. The number of rotatable bonds is 1. The van der Waals surface area contributed by atoms with E-state index in [4.69, 9.17) is 0 Å². The lowest BCUT2D eigenvalue weighted by Crippen LogP contribution is -2.38. The largest absolute Gasteiger partial charge is 0.273 e. The van der Waals surface area contributed by atoms with Crippen molar-refractivity contribution >= 4 is 0 Å². The van der Waals surface area contributed by atoms with Crippen molar-refractivity contribution in [2.75, 3.05) is 13.6 Å². The van der Waals surface area contributed by atoms with E-state index in [-0.39, 0.29) is 5.41 Å². The molecule has 0 fully saturated rings. The van der Waals surface area contributed by atoms with Gasteiger partial charge < -0.3 is 0 Å². The maximum Gasteiger partial charge on any atom is 0.104 e. The number of nitrogens with zero attached hydrogens (tertiary/aromatic N) is 1. The molecule has 1 aliphatic heterocycles. The molecule has 0 saturated heterocycles. The van der Waals surface area contributed by atoms with E-state index in [1.807, 2.05) is 0 Å². The molecule has 15 heavy (non-hydrogen) atoms. The summed E-state index contributed by atoms with van der Waals surface area (Å²) < 4.78 is 0.941. The summed E-state index contributed by atoms with van der Waals surface area (Å²) >= 11 is 0. The summed E-state index contributed by atoms with van der Waals surface area (Å²) in [6, 6.07) is 0. The van der Waals surface area contributed by atoms with E-state index >= 15 is 0 Å². The Morgan fingerprint density at radius 1 is 1.07 bits per heavy atom. The van der Waals surface area contributed by atoms with Crippen molar-refractivity contribution in [1.82, 2.24) is 0 Å². The van der Waals surface area contributed by atoms with Gasteiger partial charge in [0.2, 0.25) is 0 Å². The molecule has 0 N–H and O–H groups in total. The first-order valence-corrected chi connectivity index (χ1v) is 5.79. The first kappa shape index (κ1) is 12.5. The zero-order valence-corrected chi connectivity index (χ0v) is 11.4. The van der Waals surface area contributed by atoms with Gasteiger partial charge >= 0.3 is 0 Å². The van der Waals surface area contributed by atoms with Crippen LogP contribution in [0.4, 0.5) is 0 Å². The van der Waals surface area contributed by atoms with Crippen LogP contribution in [-0.2, 0) is 0 Å². The van der Waals surface area contributed by atoms with Gasteiger partial charge in [-0.1, -0.05) is 41.5 Å². The van der Waals surface area contributed by atoms with Crippen LogP contribution in [0.5, 0.6) is 0 Å². The highest BCUT2D eigenvalue weighted by atomic mass is 15.3. The van der Waals surface area contributed by atoms with E-state index in [1.165, 1.54) is 5.57 Å². The van der Waals surface area contributed by atoms with Crippen molar-refractivity contribution in [3.63, 3.8) is 0 Å². The van der Waals surface area contributed by atoms with Crippen LogP contribution in [-0.4, -0.2) is 18.1 Å². The lowest BCUT2D eigenvalue weighted by atomic mass is 9.87. The van der Waals surface area contributed by atoms with Gasteiger partial charge in [0, 0.05) is 17.1 Å². The zero-order valence-electron chi connectivity index (χ0n) is 11.4. The molecule has 0 saturated carbocycles. The molecule has 1 heterocycles. The Balaban J connectivity index is 2.86. The van der Waals surface area contributed by atoms with Gasteiger partial charge in [0.25, 0.3) is 0 Å². The summed E-state index contributed by atoms with van der Waals surface area (Å²) in [6.07, 6.45) is 6.99. The standard InChI is InChI=1S/C14H26N/c1-13(2,3)11-15(7)9-8-12(10-15)14(4,5)6/h8-10H,11H2,1-7H3/q+1. The molecule has 0 bridgehead atoms. The maximum atomic E-state index is 2.39. The van der Waals surface area contributed by atoms with Crippen molar-refractivity contribution in [1.29, 1.82) is 0 Å². The van der Waals surface area contributed by atoms with Crippen molar-refractivity contribution in [2.24, 2.45) is 10.8 Å². The van der Waals surface area contributed by atoms with Crippen molar-refractivity contribution in [3.8, 4) is 0 Å². The van der Waals surface area contributed by atoms with E-state index in [0.29, 0.717) is 5.41 Å². The molecular weight excluding hydrogens is 182 g/mol. The smallest absolute Gasteiger partial charge is 0.104 e. The second kappa shape index (κ2) is 3.48. The fourth-order valence-electron chi connectivity index (χ4n) is 2.22. The highest BCUT2D eigenvalue weighted by Crippen LogP contribution is 2.34. The van der Waals surface area contributed by atoms with Crippen LogP contribution >= 0.6 is 0 Å². The quantitative estimate of drug-likeness (QED) is 0.573. The molecule has 1 rings (SSSR count). The van der Waals surface area contributed by atoms with E-state index < -0.39 is 0 Å². The molecule has 1 aliphatic rings. The topological polar surface area (TPSA) is 0 Å². The lowest BCUT2D eigenvalue weighted by molar-refractivity contribution is -0.811. The Labute approximate surface area is 95.1 Å². The Hall–Kier alpha value is -0.560. The summed E-state index contributed by atoms with van der Waals surface area (Å²) in [5.74, 6) is 0. The highest BCUT2D eigenvalue weighted by Gasteiger charge is 2.32. The third kappa shape index (κ3) is 3.49. The fraction of sp³-hybridized carbons (Fsp3) is 0.714. The molecule has 0 amide bonds. The lowest BCUT2D eigenvalue weighted by Gasteiger charge is -2.31. The maximum absolute atomic E-state index is 2.39. The molecule has 0 radical (unpaired) electrons. The molecule has 1 nitrogen and oxygen atoms in total. The second-order valence-electron chi connectivity index (χ2n) is 7.22. The fourth-order valence-corrected chi connectivity index (χ4v) is 2.22. The summed E-state index contributed by atoms with van der Waals surface area (Å²) in [5, 5.41) is 0. The average Bonchev–Trinajstić information content (AvgIpc) is 2.25. The first-order valence-electron chi connectivity index (χ1n) is 5.79. The van der Waals surface area contributed by atoms with Gasteiger partial charge in [-0.2, -0.15) is 0 Å². The van der Waals surface area contributed by atoms with Crippen LogP contribution in [0, 0.1) is 10.8 Å². The van der Waals surface area contributed by atoms with E-state index in [9.17, 15) is 0 Å². The summed E-state index contributed by atoms with van der Waals surface area (Å²) in [7, 11) is 2.28. The second-order valence-corrected chi connectivity index (χ2v) is 7.22. The summed E-state index contributed by atoms with van der Waals surface area (Å²) in [4.78, 5) is 0. The van der Waals surface area contributed by atoms with E-state index in [0.717, 1.165) is 11.0 Å². The monoisotopic (exact) mass is 208 g/mol. The Morgan fingerprint density at radius 2 is 1.60 bits per heavy atom. The molecule has 0 aromatic rings. The van der Waals surface area contributed by atoms with Gasteiger partial charge in [-0.25, -0.2) is 0 Å². The van der Waals surface area contributed by atoms with Crippen molar-refractivity contribution < 1.29 is 4.48 Å². The predicted octanol–water partition coefficient (Wildman–Crippen LogP) is 3.94. The van der Waals surface area contributed by atoms with Crippen LogP contribution in [0.2, 0.25) is 0 Å². The van der Waals surface area contributed by atoms with Crippen LogP contribution in [0.25, 0.3) is 0 Å². The van der Waals surface area contributed by atoms with Crippen molar-refractivity contribution in [3.05, 3.63) is 24.0 Å². The van der Waals surface area contributed by atoms with Crippen LogP contribution < -0.4 is 0 Å². The summed E-state index contributed by atoms with van der Waals surface area (Å²) in [6.45, 7) is 14.9. The molecule has 86 valence electrons. The number of hydrogen-bond donors (Lipinski definition) is 0. The molecule has 1 unspecified atom stereocenters. The van der Waals surface area contributed by atoms with Gasteiger partial charge in [0.15, 0.2) is 0 Å². The van der Waals surface area contributed by atoms with E-state index in [1.54, 1.807) is 0 Å². The van der Waals surface area contributed by atoms with Crippen LogP contribution in [0.1, 0.15) is 41.5 Å².